The van der Waals surface area contributed by atoms with E-state index >= 15 is 0 Å². The number of hydrogen-bond acceptors (Lipinski definition) is 7. The van der Waals surface area contributed by atoms with Crippen molar-refractivity contribution in [1.82, 2.24) is 20.0 Å². The van der Waals surface area contributed by atoms with E-state index in [9.17, 15) is 4.79 Å². The summed E-state index contributed by atoms with van der Waals surface area (Å²) in [7, 11) is 3.14. The standard InChI is InChI=1S/C24H24ClN5O4/c1-13-9-10-16(25)11-18(13)26-23(31)21-14(2)30(29-28-21)12-19-15(3)34-24(27-19)17-7-6-8-20(32-4)22(17)33-5/h6-11H,12H2,1-5H3,(H,26,31). The number of nitrogens with zero attached hydrogens (tertiary/aromatic N) is 4. The van der Waals surface area contributed by atoms with Gasteiger partial charge in [-0.3, -0.25) is 4.79 Å². The number of aromatic nitrogens is 4. The zero-order valence-electron chi connectivity index (χ0n) is 19.5. The van der Waals surface area contributed by atoms with E-state index in [1.165, 1.54) is 0 Å². The van der Waals surface area contributed by atoms with Crippen molar-refractivity contribution in [2.24, 2.45) is 0 Å². The van der Waals surface area contributed by atoms with Crippen molar-refractivity contribution in [3.8, 4) is 23.0 Å². The Hall–Kier alpha value is -3.85. The number of anilines is 1. The number of oxazole rings is 1. The number of benzene rings is 2. The minimum absolute atomic E-state index is 0.218. The molecule has 0 spiro atoms. The number of para-hydroxylation sites is 1. The number of methoxy groups -OCH3 is 2. The molecule has 2 aromatic heterocycles. The van der Waals surface area contributed by atoms with Crippen LogP contribution in [-0.4, -0.2) is 40.1 Å². The summed E-state index contributed by atoms with van der Waals surface area (Å²) >= 11 is 6.05. The quantitative estimate of drug-likeness (QED) is 0.403. The SMILES string of the molecule is COc1cccc(-c2nc(Cn3nnc(C(=O)Nc4cc(Cl)ccc4C)c3C)c(C)o2)c1OC. The van der Waals surface area contributed by atoms with Gasteiger partial charge in [0.15, 0.2) is 17.2 Å². The zero-order valence-corrected chi connectivity index (χ0v) is 20.2. The highest BCUT2D eigenvalue weighted by Crippen LogP contribution is 2.38. The predicted molar refractivity (Wildman–Crippen MR) is 128 cm³/mol. The fraction of sp³-hybridized carbons (Fsp3) is 0.250. The van der Waals surface area contributed by atoms with Crippen LogP contribution in [0.4, 0.5) is 5.69 Å². The molecular formula is C24H24ClN5O4. The number of nitrogens with one attached hydrogen (secondary N) is 1. The van der Waals surface area contributed by atoms with Crippen LogP contribution < -0.4 is 14.8 Å². The smallest absolute Gasteiger partial charge is 0.278 e. The van der Waals surface area contributed by atoms with Crippen LogP contribution in [0.3, 0.4) is 0 Å². The van der Waals surface area contributed by atoms with Crippen molar-refractivity contribution >= 4 is 23.2 Å². The maximum absolute atomic E-state index is 12.8. The molecule has 9 nitrogen and oxygen atoms in total. The average Bonchev–Trinajstić information content (AvgIpc) is 3.38. The van der Waals surface area contributed by atoms with Gasteiger partial charge in [0, 0.05) is 10.7 Å². The predicted octanol–water partition coefficient (Wildman–Crippen LogP) is 4.83. The molecule has 0 aliphatic heterocycles. The Morgan fingerprint density at radius 2 is 1.94 bits per heavy atom. The van der Waals surface area contributed by atoms with E-state index in [1.807, 2.05) is 32.0 Å². The summed E-state index contributed by atoms with van der Waals surface area (Å²) in [5.41, 5.74) is 3.65. The molecule has 0 atom stereocenters. The number of aryl methyl sites for hydroxylation is 2. The second kappa shape index (κ2) is 9.56. The first-order valence-corrected chi connectivity index (χ1v) is 10.9. The zero-order chi connectivity index (χ0) is 24.4. The molecule has 0 bridgehead atoms. The second-order valence-corrected chi connectivity index (χ2v) is 8.09. The Morgan fingerprint density at radius 3 is 2.68 bits per heavy atom. The van der Waals surface area contributed by atoms with E-state index in [1.54, 1.807) is 44.0 Å². The second-order valence-electron chi connectivity index (χ2n) is 7.66. The Morgan fingerprint density at radius 1 is 1.15 bits per heavy atom. The molecule has 4 rings (SSSR count). The largest absolute Gasteiger partial charge is 0.493 e. The highest BCUT2D eigenvalue weighted by Gasteiger charge is 2.21. The first kappa shape index (κ1) is 23.3. The molecular weight excluding hydrogens is 458 g/mol. The lowest BCUT2D eigenvalue weighted by molar-refractivity contribution is 0.102. The van der Waals surface area contributed by atoms with Gasteiger partial charge in [-0.25, -0.2) is 9.67 Å². The first-order chi connectivity index (χ1) is 16.3. The number of hydrogen-bond donors (Lipinski definition) is 1. The molecule has 0 fully saturated rings. The third-order valence-corrected chi connectivity index (χ3v) is 5.71. The Bertz CT molecular complexity index is 1360. The molecule has 0 saturated carbocycles. The molecule has 0 aliphatic rings. The van der Waals surface area contributed by atoms with Gasteiger partial charge in [-0.05, 0) is 50.6 Å². The van der Waals surface area contributed by atoms with Crippen molar-refractivity contribution in [1.29, 1.82) is 0 Å². The summed E-state index contributed by atoms with van der Waals surface area (Å²) in [6.45, 7) is 5.77. The van der Waals surface area contributed by atoms with Crippen LogP contribution in [0.2, 0.25) is 5.02 Å². The third-order valence-electron chi connectivity index (χ3n) is 5.47. The van der Waals surface area contributed by atoms with E-state index in [4.69, 9.17) is 25.5 Å². The topological polar surface area (TPSA) is 104 Å². The van der Waals surface area contributed by atoms with Gasteiger partial charge in [0.25, 0.3) is 5.91 Å². The van der Waals surface area contributed by atoms with Gasteiger partial charge in [0.05, 0.1) is 32.0 Å². The molecule has 1 N–H and O–H groups in total. The molecule has 2 aromatic carbocycles. The van der Waals surface area contributed by atoms with Gasteiger partial charge in [-0.15, -0.1) is 5.10 Å². The highest BCUT2D eigenvalue weighted by molar-refractivity contribution is 6.31. The summed E-state index contributed by atoms with van der Waals surface area (Å²) in [6, 6.07) is 10.8. The van der Waals surface area contributed by atoms with E-state index < -0.39 is 0 Å². The number of rotatable bonds is 7. The summed E-state index contributed by atoms with van der Waals surface area (Å²) in [5, 5.41) is 11.6. The summed E-state index contributed by atoms with van der Waals surface area (Å²) in [6.07, 6.45) is 0. The molecule has 4 aromatic rings. The summed E-state index contributed by atoms with van der Waals surface area (Å²) < 4.78 is 18.4. The molecule has 0 saturated heterocycles. The van der Waals surface area contributed by atoms with Gasteiger partial charge in [-0.2, -0.15) is 0 Å². The van der Waals surface area contributed by atoms with Gasteiger partial charge >= 0.3 is 0 Å². The summed E-state index contributed by atoms with van der Waals surface area (Å²) in [4.78, 5) is 17.5. The van der Waals surface area contributed by atoms with Crippen molar-refractivity contribution in [3.63, 3.8) is 0 Å². The third kappa shape index (κ3) is 4.47. The van der Waals surface area contributed by atoms with Crippen LogP contribution in [0.1, 0.15) is 33.2 Å². The number of amides is 1. The fourth-order valence-corrected chi connectivity index (χ4v) is 3.69. The lowest BCUT2D eigenvalue weighted by atomic mass is 10.2. The van der Waals surface area contributed by atoms with Crippen LogP contribution in [0, 0.1) is 20.8 Å². The van der Waals surface area contributed by atoms with Gasteiger partial charge in [0.1, 0.15) is 11.5 Å². The maximum atomic E-state index is 12.8. The van der Waals surface area contributed by atoms with Crippen molar-refractivity contribution in [3.05, 3.63) is 69.8 Å². The fourth-order valence-electron chi connectivity index (χ4n) is 3.52. The van der Waals surface area contributed by atoms with Gasteiger partial charge in [-0.1, -0.05) is 28.9 Å². The Labute approximate surface area is 201 Å². The van der Waals surface area contributed by atoms with Crippen molar-refractivity contribution in [2.45, 2.75) is 27.3 Å². The number of carbonyl (C=O) groups excluding carboxylic acids is 1. The maximum Gasteiger partial charge on any atom is 0.278 e. The van der Waals surface area contributed by atoms with Crippen LogP contribution >= 0.6 is 11.6 Å². The minimum Gasteiger partial charge on any atom is -0.493 e. The molecule has 1 amide bonds. The molecule has 0 radical (unpaired) electrons. The van der Waals surface area contributed by atoms with E-state index in [-0.39, 0.29) is 18.1 Å². The lowest BCUT2D eigenvalue weighted by Crippen LogP contribution is -2.15. The average molecular weight is 482 g/mol. The van der Waals surface area contributed by atoms with E-state index in [2.05, 4.69) is 20.6 Å². The molecule has 0 aliphatic carbocycles. The normalized spacial score (nSPS) is 10.9. The van der Waals surface area contributed by atoms with Gasteiger partial charge < -0.3 is 19.2 Å². The van der Waals surface area contributed by atoms with E-state index in [0.29, 0.717) is 50.8 Å². The molecule has 2 heterocycles. The minimum atomic E-state index is -0.368. The molecule has 34 heavy (non-hydrogen) atoms. The first-order valence-electron chi connectivity index (χ1n) is 10.5. The lowest BCUT2D eigenvalue weighted by Gasteiger charge is -2.10. The van der Waals surface area contributed by atoms with Crippen LogP contribution in [0.15, 0.2) is 40.8 Å². The summed E-state index contributed by atoms with van der Waals surface area (Å²) in [5.74, 6) is 1.76. The molecule has 176 valence electrons. The van der Waals surface area contributed by atoms with Gasteiger partial charge in [0.2, 0.25) is 5.89 Å². The van der Waals surface area contributed by atoms with Crippen molar-refractivity contribution in [2.75, 3.05) is 19.5 Å². The number of carbonyl (C=O) groups is 1. The monoisotopic (exact) mass is 481 g/mol. The molecule has 10 heteroatoms. The van der Waals surface area contributed by atoms with E-state index in [0.717, 1.165) is 5.56 Å². The number of ether oxygens (including phenoxy) is 2. The van der Waals surface area contributed by atoms with Crippen molar-refractivity contribution < 1.29 is 18.7 Å². The van der Waals surface area contributed by atoms with Crippen LogP contribution in [0.5, 0.6) is 11.5 Å². The molecule has 0 unspecified atom stereocenters. The Balaban J connectivity index is 1.58. The highest BCUT2D eigenvalue weighted by atomic mass is 35.5. The number of halogens is 1. The Kier molecular flexibility index (Phi) is 6.56. The van der Waals surface area contributed by atoms with Crippen LogP contribution in [0.25, 0.3) is 11.5 Å². The van der Waals surface area contributed by atoms with Crippen LogP contribution in [-0.2, 0) is 6.54 Å².